The van der Waals surface area contributed by atoms with Crippen LogP contribution in [0.1, 0.15) is 51.5 Å². The van der Waals surface area contributed by atoms with Crippen molar-refractivity contribution in [3.63, 3.8) is 0 Å². The summed E-state index contributed by atoms with van der Waals surface area (Å²) < 4.78 is 30.3. The molecule has 0 amide bonds. The fourth-order valence-corrected chi connectivity index (χ4v) is 6.18. The molecule has 0 spiro atoms. The molecule has 2 aliphatic carbocycles. The first-order valence-electron chi connectivity index (χ1n) is 9.38. The predicted molar refractivity (Wildman–Crippen MR) is 101 cm³/mol. The molecule has 0 heterocycles. The van der Waals surface area contributed by atoms with Crippen molar-refractivity contribution < 1.29 is 12.6 Å². The zero-order valence-corrected chi connectivity index (χ0v) is 16.4. The van der Waals surface area contributed by atoms with E-state index in [1.165, 1.54) is 24.8 Å². The van der Waals surface area contributed by atoms with Gasteiger partial charge in [0.15, 0.2) is 0 Å². The predicted octanol–water partition coefficient (Wildman–Crippen LogP) is 5.11. The van der Waals surface area contributed by atoms with Crippen LogP contribution < -0.4 is 0 Å². The lowest BCUT2D eigenvalue weighted by Gasteiger charge is -2.44. The van der Waals surface area contributed by atoms with E-state index in [1.54, 1.807) is 24.3 Å². The molecular formula is C21H30O3S. The quantitative estimate of drug-likeness (QED) is 0.540. The van der Waals surface area contributed by atoms with Gasteiger partial charge in [-0.25, -0.2) is 0 Å². The van der Waals surface area contributed by atoms with E-state index in [4.69, 9.17) is 4.18 Å². The Hall–Kier alpha value is -1.13. The number of aryl methyl sites for hydroxylation is 1. The van der Waals surface area contributed by atoms with Crippen LogP contribution >= 0.6 is 0 Å². The molecule has 1 aromatic carbocycles. The molecule has 0 radical (unpaired) electrons. The van der Waals surface area contributed by atoms with E-state index < -0.39 is 10.1 Å². The molecule has 2 saturated carbocycles. The van der Waals surface area contributed by atoms with Gasteiger partial charge in [-0.3, -0.25) is 4.18 Å². The highest BCUT2D eigenvalue weighted by atomic mass is 32.2. The standard InChI is InChI=1S/C21H30O3S/c1-15-7-9-18(10-8-15)25(22,23)24-14-17(3)20-12-11-19-16(2)6-5-13-21(19,20)4/h7-10,17,19-20H,2,5-6,11-14H2,1,3-4H3/t17-,19-,20+,21-/m0/s1. The molecule has 3 rings (SSSR count). The van der Waals surface area contributed by atoms with E-state index in [-0.39, 0.29) is 22.8 Å². The molecule has 4 atom stereocenters. The van der Waals surface area contributed by atoms with E-state index in [0.29, 0.717) is 11.8 Å². The maximum atomic E-state index is 12.4. The van der Waals surface area contributed by atoms with Gasteiger partial charge in [-0.15, -0.1) is 0 Å². The summed E-state index contributed by atoms with van der Waals surface area (Å²) in [6.45, 7) is 11.0. The fourth-order valence-electron chi connectivity index (χ4n) is 5.19. The van der Waals surface area contributed by atoms with Crippen LogP contribution in [0.2, 0.25) is 0 Å². The van der Waals surface area contributed by atoms with Gasteiger partial charge in [0.1, 0.15) is 0 Å². The van der Waals surface area contributed by atoms with Gasteiger partial charge in [0.05, 0.1) is 11.5 Å². The molecule has 2 fully saturated rings. The van der Waals surface area contributed by atoms with Crippen molar-refractivity contribution in [3.8, 4) is 0 Å². The van der Waals surface area contributed by atoms with Gasteiger partial charge in [0.2, 0.25) is 0 Å². The maximum absolute atomic E-state index is 12.4. The second kappa shape index (κ2) is 6.88. The Morgan fingerprint density at radius 2 is 1.96 bits per heavy atom. The lowest BCUT2D eigenvalue weighted by atomic mass is 9.61. The Bertz CT molecular complexity index is 735. The van der Waals surface area contributed by atoms with Crippen LogP contribution in [-0.2, 0) is 14.3 Å². The van der Waals surface area contributed by atoms with Crippen molar-refractivity contribution in [2.45, 2.75) is 57.8 Å². The van der Waals surface area contributed by atoms with Crippen molar-refractivity contribution in [2.75, 3.05) is 6.61 Å². The zero-order chi connectivity index (χ0) is 18.2. The van der Waals surface area contributed by atoms with Gasteiger partial charge in [0, 0.05) is 0 Å². The second-order valence-electron chi connectivity index (χ2n) is 8.28. The average Bonchev–Trinajstić information content (AvgIpc) is 2.92. The van der Waals surface area contributed by atoms with Crippen molar-refractivity contribution >= 4 is 10.1 Å². The Morgan fingerprint density at radius 3 is 2.64 bits per heavy atom. The lowest BCUT2D eigenvalue weighted by Crippen LogP contribution is -2.37. The third kappa shape index (κ3) is 3.56. The molecule has 1 aromatic rings. The highest BCUT2D eigenvalue weighted by molar-refractivity contribution is 7.86. The molecule has 25 heavy (non-hydrogen) atoms. The largest absolute Gasteiger partial charge is 0.296 e. The summed E-state index contributed by atoms with van der Waals surface area (Å²) in [7, 11) is -3.68. The van der Waals surface area contributed by atoms with Gasteiger partial charge in [-0.1, -0.05) is 43.7 Å². The molecule has 0 bridgehead atoms. The molecule has 0 aliphatic heterocycles. The van der Waals surface area contributed by atoms with Gasteiger partial charge in [0.25, 0.3) is 10.1 Å². The smallest absolute Gasteiger partial charge is 0.266 e. The van der Waals surface area contributed by atoms with Crippen molar-refractivity contribution in [2.24, 2.45) is 23.2 Å². The maximum Gasteiger partial charge on any atom is 0.296 e. The number of rotatable bonds is 5. The number of hydrogen-bond donors (Lipinski definition) is 0. The minimum atomic E-state index is -3.68. The first kappa shape index (κ1) is 18.7. The molecule has 0 N–H and O–H groups in total. The molecular weight excluding hydrogens is 332 g/mol. The molecule has 0 saturated heterocycles. The van der Waals surface area contributed by atoms with Crippen LogP contribution in [0.25, 0.3) is 0 Å². The van der Waals surface area contributed by atoms with Crippen LogP contribution in [0.4, 0.5) is 0 Å². The fraction of sp³-hybridized carbons (Fsp3) is 0.619. The second-order valence-corrected chi connectivity index (χ2v) is 9.90. The third-order valence-electron chi connectivity index (χ3n) is 6.60. The first-order valence-corrected chi connectivity index (χ1v) is 10.8. The zero-order valence-electron chi connectivity index (χ0n) is 15.6. The molecule has 0 unspecified atom stereocenters. The summed E-state index contributed by atoms with van der Waals surface area (Å²) in [6, 6.07) is 6.84. The van der Waals surface area contributed by atoms with E-state index in [0.717, 1.165) is 18.4 Å². The van der Waals surface area contributed by atoms with E-state index >= 15 is 0 Å². The first-order chi connectivity index (χ1) is 11.7. The van der Waals surface area contributed by atoms with Crippen LogP contribution in [0.5, 0.6) is 0 Å². The molecule has 138 valence electrons. The van der Waals surface area contributed by atoms with Crippen LogP contribution in [0, 0.1) is 30.1 Å². The normalized spacial score (nSPS) is 30.9. The van der Waals surface area contributed by atoms with Crippen molar-refractivity contribution in [1.82, 2.24) is 0 Å². The highest BCUT2D eigenvalue weighted by Crippen LogP contribution is 2.59. The topological polar surface area (TPSA) is 43.4 Å². The third-order valence-corrected chi connectivity index (χ3v) is 7.89. The molecule has 3 nitrogen and oxygen atoms in total. The molecule has 0 aromatic heterocycles. The number of hydrogen-bond acceptors (Lipinski definition) is 3. The highest BCUT2D eigenvalue weighted by Gasteiger charge is 2.50. The summed E-state index contributed by atoms with van der Waals surface area (Å²) in [4.78, 5) is 0.242. The number of allylic oxidation sites excluding steroid dienone is 1. The van der Waals surface area contributed by atoms with Gasteiger partial charge >= 0.3 is 0 Å². The summed E-state index contributed by atoms with van der Waals surface area (Å²) in [5.41, 5.74) is 2.69. The van der Waals surface area contributed by atoms with E-state index in [2.05, 4.69) is 20.4 Å². The molecule has 4 heteroatoms. The Kier molecular flexibility index (Phi) is 5.13. The summed E-state index contributed by atoms with van der Waals surface area (Å²) >= 11 is 0. The minimum Gasteiger partial charge on any atom is -0.266 e. The minimum absolute atomic E-state index is 0.223. The monoisotopic (exact) mass is 362 g/mol. The summed E-state index contributed by atoms with van der Waals surface area (Å²) in [6.07, 6.45) is 5.91. The number of fused-ring (bicyclic) bond motifs is 1. The van der Waals surface area contributed by atoms with Crippen molar-refractivity contribution in [3.05, 3.63) is 42.0 Å². The summed E-state index contributed by atoms with van der Waals surface area (Å²) in [5, 5.41) is 0. The van der Waals surface area contributed by atoms with Crippen LogP contribution in [-0.4, -0.2) is 15.0 Å². The average molecular weight is 363 g/mol. The lowest BCUT2D eigenvalue weighted by molar-refractivity contribution is 0.0763. The van der Waals surface area contributed by atoms with E-state index in [9.17, 15) is 8.42 Å². The Morgan fingerprint density at radius 1 is 1.28 bits per heavy atom. The van der Waals surface area contributed by atoms with Gasteiger partial charge < -0.3 is 0 Å². The van der Waals surface area contributed by atoms with Crippen LogP contribution in [0.3, 0.4) is 0 Å². The number of benzene rings is 1. The Labute approximate surface area is 152 Å². The van der Waals surface area contributed by atoms with Crippen molar-refractivity contribution in [1.29, 1.82) is 0 Å². The van der Waals surface area contributed by atoms with Gasteiger partial charge in [-0.2, -0.15) is 8.42 Å². The molecule has 2 aliphatic rings. The summed E-state index contributed by atoms with van der Waals surface area (Å²) in [5.74, 6) is 1.33. The SMILES string of the molecule is C=C1CCC[C@]2(C)[C@@H]([C@@H](C)COS(=O)(=O)c3ccc(C)cc3)CC[C@@H]12. The Balaban J connectivity index is 1.67. The van der Waals surface area contributed by atoms with E-state index in [1.807, 2.05) is 6.92 Å². The van der Waals surface area contributed by atoms with Gasteiger partial charge in [-0.05, 0) is 74.3 Å². The van der Waals surface area contributed by atoms with Crippen LogP contribution in [0.15, 0.2) is 41.3 Å².